The third kappa shape index (κ3) is 2.48. The zero-order valence-corrected chi connectivity index (χ0v) is 17.1. The second-order valence-corrected chi connectivity index (χ2v) is 9.94. The molecule has 0 aromatic carbocycles. The Morgan fingerprint density at radius 1 is 1.33 bits per heavy atom. The van der Waals surface area contributed by atoms with Crippen molar-refractivity contribution in [2.45, 2.75) is 84.7 Å². The molecule has 3 saturated carbocycles. The average Bonchev–Trinajstić information content (AvgIpc) is 2.98. The summed E-state index contributed by atoms with van der Waals surface area (Å²) in [7, 11) is 0. The summed E-state index contributed by atoms with van der Waals surface area (Å²) in [6.45, 7) is 10.9. The summed E-state index contributed by atoms with van der Waals surface area (Å²) in [5.41, 5.74) is 1.05. The van der Waals surface area contributed by atoms with Crippen LogP contribution in [0, 0.1) is 39.4 Å². The van der Waals surface area contributed by atoms with Gasteiger partial charge in [-0.3, -0.25) is 4.79 Å². The van der Waals surface area contributed by atoms with E-state index in [1.807, 2.05) is 0 Å². The molecular weight excluding hydrogens is 334 g/mol. The summed E-state index contributed by atoms with van der Waals surface area (Å²) in [4.78, 5) is 12.2. The Morgan fingerprint density at radius 3 is 2.81 bits per heavy atom. The molecule has 4 aliphatic carbocycles. The van der Waals surface area contributed by atoms with Crippen LogP contribution in [0.1, 0.15) is 78.6 Å². The van der Waals surface area contributed by atoms with Gasteiger partial charge >= 0.3 is 0 Å². The Hall–Kier alpha value is -1.56. The fraction of sp³-hybridized carbons (Fsp3) is 0.750. The van der Waals surface area contributed by atoms with E-state index < -0.39 is 5.41 Å². The molecule has 3 nitrogen and oxygen atoms in total. The second-order valence-electron chi connectivity index (χ2n) is 9.94. The summed E-state index contributed by atoms with van der Waals surface area (Å²) < 4.78 is 6.28. The molecule has 27 heavy (non-hydrogen) atoms. The standard InChI is InChI=1S/C24H33NO2/c1-5-16(2)27-21-7-6-19-18-9-13-24(15-25)14-17(26)8-12-23(24,4)20(18)10-11-22(19,21)3/h10,18-19,21H,2,5-9,11-14H2,1,3-4H3/t18?,19?,21-,22-,23+,24+/m0/s1. The number of hydrogen-bond acceptors (Lipinski definition) is 3. The van der Waals surface area contributed by atoms with E-state index in [4.69, 9.17) is 4.74 Å². The van der Waals surface area contributed by atoms with Crippen molar-refractivity contribution in [2.75, 3.05) is 0 Å². The van der Waals surface area contributed by atoms with Crippen molar-refractivity contribution in [1.82, 2.24) is 0 Å². The van der Waals surface area contributed by atoms with Gasteiger partial charge in [0.15, 0.2) is 0 Å². The van der Waals surface area contributed by atoms with Crippen LogP contribution in [0.5, 0.6) is 0 Å². The highest BCUT2D eigenvalue weighted by Crippen LogP contribution is 2.68. The van der Waals surface area contributed by atoms with E-state index in [0.717, 1.165) is 44.3 Å². The van der Waals surface area contributed by atoms with Gasteiger partial charge in [0.05, 0.1) is 17.2 Å². The van der Waals surface area contributed by atoms with E-state index in [0.29, 0.717) is 24.7 Å². The van der Waals surface area contributed by atoms with Crippen molar-refractivity contribution in [2.24, 2.45) is 28.1 Å². The maximum atomic E-state index is 12.2. The van der Waals surface area contributed by atoms with Crippen LogP contribution in [-0.4, -0.2) is 11.9 Å². The van der Waals surface area contributed by atoms with Gasteiger partial charge in [-0.05, 0) is 50.4 Å². The largest absolute Gasteiger partial charge is 0.495 e. The molecule has 4 aliphatic rings. The fourth-order valence-corrected chi connectivity index (χ4v) is 6.99. The molecule has 6 atom stereocenters. The number of rotatable bonds is 3. The number of ether oxygens (including phenoxy) is 1. The number of nitriles is 1. The summed E-state index contributed by atoms with van der Waals surface area (Å²) in [6, 6.07) is 2.64. The lowest BCUT2D eigenvalue weighted by Crippen LogP contribution is -2.54. The van der Waals surface area contributed by atoms with E-state index in [1.54, 1.807) is 0 Å². The van der Waals surface area contributed by atoms with Gasteiger partial charge < -0.3 is 4.74 Å². The molecular formula is C24H33NO2. The molecule has 0 saturated heterocycles. The molecule has 0 bridgehead atoms. The van der Waals surface area contributed by atoms with E-state index in [1.165, 1.54) is 12.0 Å². The van der Waals surface area contributed by atoms with Gasteiger partial charge in [-0.15, -0.1) is 0 Å². The predicted octanol–water partition coefficient (Wildman–Crippen LogP) is 5.72. The highest BCUT2D eigenvalue weighted by Gasteiger charge is 2.63. The quantitative estimate of drug-likeness (QED) is 0.473. The number of hydrogen-bond donors (Lipinski definition) is 0. The monoisotopic (exact) mass is 367 g/mol. The molecule has 0 aliphatic heterocycles. The molecule has 3 heteroatoms. The zero-order chi connectivity index (χ0) is 19.4. The normalized spacial score (nSPS) is 45.8. The van der Waals surface area contributed by atoms with Gasteiger partial charge in [-0.2, -0.15) is 5.26 Å². The first kappa shape index (κ1) is 18.8. The number of ketones is 1. The molecule has 0 heterocycles. The van der Waals surface area contributed by atoms with Crippen molar-refractivity contribution in [3.63, 3.8) is 0 Å². The average molecular weight is 368 g/mol. The van der Waals surface area contributed by atoms with Crippen LogP contribution in [0.3, 0.4) is 0 Å². The molecule has 0 aromatic rings. The van der Waals surface area contributed by atoms with Gasteiger partial charge in [0.25, 0.3) is 0 Å². The number of carbonyl (C=O) groups is 1. The van der Waals surface area contributed by atoms with Crippen molar-refractivity contribution in [1.29, 1.82) is 5.26 Å². The van der Waals surface area contributed by atoms with Crippen molar-refractivity contribution in [3.8, 4) is 6.07 Å². The van der Waals surface area contributed by atoms with Crippen LogP contribution in [0.15, 0.2) is 24.0 Å². The van der Waals surface area contributed by atoms with E-state index in [-0.39, 0.29) is 22.7 Å². The van der Waals surface area contributed by atoms with Crippen LogP contribution in [0.2, 0.25) is 0 Å². The van der Waals surface area contributed by atoms with Gasteiger partial charge in [0, 0.05) is 30.1 Å². The minimum atomic E-state index is -0.483. The Labute approximate surface area is 163 Å². The van der Waals surface area contributed by atoms with Crippen molar-refractivity contribution < 1.29 is 9.53 Å². The van der Waals surface area contributed by atoms with Crippen LogP contribution >= 0.6 is 0 Å². The summed E-state index contributed by atoms with van der Waals surface area (Å²) in [5.74, 6) is 2.35. The van der Waals surface area contributed by atoms with Crippen molar-refractivity contribution >= 4 is 5.78 Å². The Morgan fingerprint density at radius 2 is 2.11 bits per heavy atom. The molecule has 4 rings (SSSR count). The van der Waals surface area contributed by atoms with Gasteiger partial charge in [-0.1, -0.05) is 39.0 Å². The number of carbonyl (C=O) groups excluding carboxylic acids is 1. The summed E-state index contributed by atoms with van der Waals surface area (Å²) in [6.07, 6.45) is 10.8. The SMILES string of the molecule is C=C(CC)O[C@H]1CCC2C3CC[C@]4(C#N)CC(=O)CC[C@]4(C)C3=CC[C@@]21C. The maximum absolute atomic E-state index is 12.2. The van der Waals surface area contributed by atoms with Crippen LogP contribution in [0.4, 0.5) is 0 Å². The van der Waals surface area contributed by atoms with E-state index in [2.05, 4.69) is 39.5 Å². The van der Waals surface area contributed by atoms with Crippen LogP contribution < -0.4 is 0 Å². The highest BCUT2D eigenvalue weighted by molar-refractivity contribution is 5.81. The number of nitrogens with zero attached hydrogens (tertiary/aromatic N) is 1. The third-order valence-electron chi connectivity index (χ3n) is 8.86. The lowest BCUT2D eigenvalue weighted by molar-refractivity contribution is -0.128. The van der Waals surface area contributed by atoms with E-state index in [9.17, 15) is 10.1 Å². The molecule has 0 N–H and O–H groups in total. The van der Waals surface area contributed by atoms with E-state index >= 15 is 0 Å². The van der Waals surface area contributed by atoms with Gasteiger partial charge in [0.1, 0.15) is 11.9 Å². The molecule has 146 valence electrons. The number of fused-ring (bicyclic) bond motifs is 5. The maximum Gasteiger partial charge on any atom is 0.134 e. The first-order valence-electron chi connectivity index (χ1n) is 10.8. The fourth-order valence-electron chi connectivity index (χ4n) is 6.99. The first-order chi connectivity index (χ1) is 12.8. The second kappa shape index (κ2) is 6.23. The van der Waals surface area contributed by atoms with Crippen LogP contribution in [-0.2, 0) is 9.53 Å². The smallest absolute Gasteiger partial charge is 0.134 e. The Bertz CT molecular complexity index is 746. The third-order valence-corrected chi connectivity index (χ3v) is 8.86. The van der Waals surface area contributed by atoms with Crippen LogP contribution in [0.25, 0.3) is 0 Å². The number of allylic oxidation sites excluding steroid dienone is 3. The predicted molar refractivity (Wildman–Crippen MR) is 106 cm³/mol. The molecule has 2 unspecified atom stereocenters. The van der Waals surface area contributed by atoms with Crippen molar-refractivity contribution in [3.05, 3.63) is 24.0 Å². The number of Topliss-reactive ketones (excluding diaryl/α,β-unsaturated/α-hetero) is 1. The summed E-state index contributed by atoms with van der Waals surface area (Å²) >= 11 is 0. The molecule has 0 spiro atoms. The zero-order valence-electron chi connectivity index (χ0n) is 17.1. The summed E-state index contributed by atoms with van der Waals surface area (Å²) in [5, 5.41) is 10.1. The minimum Gasteiger partial charge on any atom is -0.495 e. The van der Waals surface area contributed by atoms with Gasteiger partial charge in [0.2, 0.25) is 0 Å². The molecule has 0 amide bonds. The van der Waals surface area contributed by atoms with Gasteiger partial charge in [-0.25, -0.2) is 0 Å². The Kier molecular flexibility index (Phi) is 4.33. The first-order valence-corrected chi connectivity index (χ1v) is 10.8. The molecule has 0 aromatic heterocycles. The lowest BCUT2D eigenvalue weighted by Gasteiger charge is -2.58. The molecule has 0 radical (unpaired) electrons. The molecule has 3 fully saturated rings. The lowest BCUT2D eigenvalue weighted by atomic mass is 9.44. The topological polar surface area (TPSA) is 50.1 Å². The Balaban J connectivity index is 1.68. The minimum absolute atomic E-state index is 0.133. The highest BCUT2D eigenvalue weighted by atomic mass is 16.5.